The molecule has 0 fully saturated rings. The topological polar surface area (TPSA) is 64.7 Å². The van der Waals surface area contributed by atoms with Crippen molar-refractivity contribution in [2.45, 2.75) is 0 Å². The molecule has 0 unspecified atom stereocenters. The molecule has 2 aromatic heterocycles. The first kappa shape index (κ1) is 7.67. The molecule has 0 aliphatic rings. The molecule has 2 heterocycles. The molecule has 2 N–H and O–H groups in total. The zero-order valence-electron chi connectivity index (χ0n) is 6.88. The fourth-order valence-corrected chi connectivity index (χ4v) is 1.07. The summed E-state index contributed by atoms with van der Waals surface area (Å²) < 4.78 is 0. The lowest BCUT2D eigenvalue weighted by Crippen LogP contribution is -1.94. The molecule has 0 atom stereocenters. The van der Waals surface area contributed by atoms with Crippen LogP contribution in [0.4, 0.5) is 5.69 Å². The molecule has 4 heteroatoms. The van der Waals surface area contributed by atoms with Crippen LogP contribution in [0.2, 0.25) is 0 Å². The van der Waals surface area contributed by atoms with Gasteiger partial charge in [0, 0.05) is 11.8 Å². The van der Waals surface area contributed by atoms with Crippen LogP contribution >= 0.6 is 0 Å². The Balaban J connectivity index is 2.54. The number of nitrogens with two attached hydrogens (primary N) is 1. The Morgan fingerprint density at radius 3 is 2.62 bits per heavy atom. The van der Waals surface area contributed by atoms with Gasteiger partial charge in [-0.15, -0.1) is 0 Å². The van der Waals surface area contributed by atoms with Crippen molar-refractivity contribution in [3.05, 3.63) is 36.8 Å². The SMILES string of the molecule is Nc1cnncc1-c1ccccn1. The minimum atomic E-state index is 0.591. The highest BCUT2D eigenvalue weighted by Crippen LogP contribution is 2.20. The maximum absolute atomic E-state index is 5.71. The lowest BCUT2D eigenvalue weighted by Gasteiger charge is -2.01. The number of rotatable bonds is 1. The average molecular weight is 172 g/mol. The molecular formula is C9H8N4. The van der Waals surface area contributed by atoms with Gasteiger partial charge in [0.05, 0.1) is 23.8 Å². The molecule has 0 spiro atoms. The monoisotopic (exact) mass is 172 g/mol. The summed E-state index contributed by atoms with van der Waals surface area (Å²) in [6.07, 6.45) is 4.84. The van der Waals surface area contributed by atoms with Crippen molar-refractivity contribution in [3.8, 4) is 11.3 Å². The van der Waals surface area contributed by atoms with Gasteiger partial charge in [-0.1, -0.05) is 6.07 Å². The lowest BCUT2D eigenvalue weighted by atomic mass is 10.2. The summed E-state index contributed by atoms with van der Waals surface area (Å²) in [7, 11) is 0. The van der Waals surface area contributed by atoms with E-state index in [0.717, 1.165) is 11.3 Å². The molecule has 0 aromatic carbocycles. The van der Waals surface area contributed by atoms with Crippen LogP contribution in [0.25, 0.3) is 11.3 Å². The smallest absolute Gasteiger partial charge is 0.0739 e. The second-order valence-corrected chi connectivity index (χ2v) is 2.57. The predicted molar refractivity (Wildman–Crippen MR) is 49.7 cm³/mol. The van der Waals surface area contributed by atoms with Crippen LogP contribution in [0.3, 0.4) is 0 Å². The number of nitrogens with zero attached hydrogens (tertiary/aromatic N) is 3. The fourth-order valence-electron chi connectivity index (χ4n) is 1.07. The van der Waals surface area contributed by atoms with Crippen molar-refractivity contribution in [1.29, 1.82) is 0 Å². The highest BCUT2D eigenvalue weighted by atomic mass is 15.1. The van der Waals surface area contributed by atoms with E-state index in [4.69, 9.17) is 5.73 Å². The first-order valence-electron chi connectivity index (χ1n) is 3.85. The van der Waals surface area contributed by atoms with Gasteiger partial charge >= 0.3 is 0 Å². The molecule has 0 amide bonds. The molecule has 0 aliphatic carbocycles. The highest BCUT2D eigenvalue weighted by molar-refractivity contribution is 5.71. The normalized spacial score (nSPS) is 9.85. The van der Waals surface area contributed by atoms with Crippen molar-refractivity contribution in [1.82, 2.24) is 15.2 Å². The van der Waals surface area contributed by atoms with Crippen LogP contribution in [0.1, 0.15) is 0 Å². The number of nitrogen functional groups attached to an aromatic ring is 1. The largest absolute Gasteiger partial charge is 0.397 e. The van der Waals surface area contributed by atoms with E-state index in [1.54, 1.807) is 12.4 Å². The van der Waals surface area contributed by atoms with E-state index in [0.29, 0.717) is 5.69 Å². The Kier molecular flexibility index (Phi) is 1.88. The number of hydrogen-bond donors (Lipinski definition) is 1. The van der Waals surface area contributed by atoms with Crippen molar-refractivity contribution < 1.29 is 0 Å². The summed E-state index contributed by atoms with van der Waals surface area (Å²) >= 11 is 0. The Morgan fingerprint density at radius 2 is 1.92 bits per heavy atom. The highest BCUT2D eigenvalue weighted by Gasteiger charge is 2.02. The first-order valence-corrected chi connectivity index (χ1v) is 3.85. The Hall–Kier alpha value is -1.97. The third kappa shape index (κ3) is 1.46. The zero-order valence-corrected chi connectivity index (χ0v) is 6.88. The Morgan fingerprint density at radius 1 is 1.08 bits per heavy atom. The van der Waals surface area contributed by atoms with Gasteiger partial charge in [-0.2, -0.15) is 10.2 Å². The molecule has 0 saturated carbocycles. The van der Waals surface area contributed by atoms with Gasteiger partial charge in [0.15, 0.2) is 0 Å². The van der Waals surface area contributed by atoms with E-state index in [2.05, 4.69) is 15.2 Å². The average Bonchev–Trinajstić information content (AvgIpc) is 2.20. The fraction of sp³-hybridized carbons (Fsp3) is 0. The standard InChI is InChI=1S/C9H8N4/c10-8-6-13-12-5-7(8)9-3-1-2-4-11-9/h1-6H,(H2,10,12). The minimum Gasteiger partial charge on any atom is -0.397 e. The van der Waals surface area contributed by atoms with E-state index in [1.807, 2.05) is 18.2 Å². The van der Waals surface area contributed by atoms with E-state index in [9.17, 15) is 0 Å². The van der Waals surface area contributed by atoms with Crippen molar-refractivity contribution >= 4 is 5.69 Å². The van der Waals surface area contributed by atoms with Crippen LogP contribution in [0.5, 0.6) is 0 Å². The molecule has 4 nitrogen and oxygen atoms in total. The molecule has 2 rings (SSSR count). The van der Waals surface area contributed by atoms with Crippen molar-refractivity contribution in [3.63, 3.8) is 0 Å². The summed E-state index contributed by atoms with van der Waals surface area (Å²) in [5.41, 5.74) is 7.93. The summed E-state index contributed by atoms with van der Waals surface area (Å²) in [5.74, 6) is 0. The molecule has 0 bridgehead atoms. The van der Waals surface area contributed by atoms with E-state index < -0.39 is 0 Å². The number of hydrogen-bond acceptors (Lipinski definition) is 4. The van der Waals surface area contributed by atoms with Gasteiger partial charge in [-0.05, 0) is 12.1 Å². The molecule has 0 radical (unpaired) electrons. The maximum atomic E-state index is 5.71. The Labute approximate surface area is 75.5 Å². The van der Waals surface area contributed by atoms with Crippen LogP contribution in [0.15, 0.2) is 36.8 Å². The van der Waals surface area contributed by atoms with E-state index >= 15 is 0 Å². The summed E-state index contributed by atoms with van der Waals surface area (Å²) in [4.78, 5) is 4.16. The van der Waals surface area contributed by atoms with Crippen LogP contribution in [-0.4, -0.2) is 15.2 Å². The minimum absolute atomic E-state index is 0.591. The first-order chi connectivity index (χ1) is 6.38. The molecule has 0 saturated heterocycles. The predicted octanol–water partition coefficient (Wildman–Crippen LogP) is 1.12. The van der Waals surface area contributed by atoms with Gasteiger partial charge < -0.3 is 5.73 Å². The molecular weight excluding hydrogens is 164 g/mol. The van der Waals surface area contributed by atoms with Gasteiger partial charge in [-0.3, -0.25) is 4.98 Å². The second-order valence-electron chi connectivity index (χ2n) is 2.57. The molecule has 13 heavy (non-hydrogen) atoms. The van der Waals surface area contributed by atoms with Crippen molar-refractivity contribution in [2.75, 3.05) is 5.73 Å². The van der Waals surface area contributed by atoms with Crippen LogP contribution in [-0.2, 0) is 0 Å². The maximum Gasteiger partial charge on any atom is 0.0739 e. The molecule has 64 valence electrons. The summed E-state index contributed by atoms with van der Waals surface area (Å²) in [5, 5.41) is 7.42. The van der Waals surface area contributed by atoms with Gasteiger partial charge in [0.1, 0.15) is 0 Å². The van der Waals surface area contributed by atoms with Gasteiger partial charge in [0.2, 0.25) is 0 Å². The zero-order chi connectivity index (χ0) is 9.10. The number of aromatic nitrogens is 3. The van der Waals surface area contributed by atoms with Gasteiger partial charge in [-0.25, -0.2) is 0 Å². The molecule has 0 aliphatic heterocycles. The Bertz CT molecular complexity index is 399. The van der Waals surface area contributed by atoms with Crippen LogP contribution < -0.4 is 5.73 Å². The summed E-state index contributed by atoms with van der Waals surface area (Å²) in [6, 6.07) is 5.64. The third-order valence-corrected chi connectivity index (χ3v) is 1.70. The molecule has 2 aromatic rings. The number of anilines is 1. The summed E-state index contributed by atoms with van der Waals surface area (Å²) in [6.45, 7) is 0. The van der Waals surface area contributed by atoms with Crippen LogP contribution in [0, 0.1) is 0 Å². The lowest BCUT2D eigenvalue weighted by molar-refractivity contribution is 1.03. The van der Waals surface area contributed by atoms with Gasteiger partial charge in [0.25, 0.3) is 0 Å². The van der Waals surface area contributed by atoms with E-state index in [-0.39, 0.29) is 0 Å². The third-order valence-electron chi connectivity index (χ3n) is 1.70. The van der Waals surface area contributed by atoms with E-state index in [1.165, 1.54) is 6.20 Å². The quantitative estimate of drug-likeness (QED) is 0.700. The number of pyridine rings is 1. The second kappa shape index (κ2) is 3.18. The van der Waals surface area contributed by atoms with Crippen molar-refractivity contribution in [2.24, 2.45) is 0 Å².